The first-order valence-electron chi connectivity index (χ1n) is 6.00. The van der Waals surface area contributed by atoms with Crippen molar-refractivity contribution >= 4 is 23.0 Å². The molecule has 0 aromatic carbocycles. The Balaban J connectivity index is 2.24. The Morgan fingerprint density at radius 1 is 1.39 bits per heavy atom. The third-order valence-electron chi connectivity index (χ3n) is 3.08. The van der Waals surface area contributed by atoms with Crippen molar-refractivity contribution in [3.8, 4) is 0 Å². The van der Waals surface area contributed by atoms with Gasteiger partial charge < -0.3 is 4.90 Å². The quantitative estimate of drug-likeness (QED) is 0.822. The van der Waals surface area contributed by atoms with Crippen LogP contribution in [0.1, 0.15) is 40.6 Å². The first kappa shape index (κ1) is 13.2. The van der Waals surface area contributed by atoms with Gasteiger partial charge in [-0.3, -0.25) is 9.59 Å². The Bertz CT molecular complexity index is 503. The molecule has 98 valence electrons. The summed E-state index contributed by atoms with van der Waals surface area (Å²) in [5.74, 6) is 0.190. The second-order valence-corrected chi connectivity index (χ2v) is 6.87. The summed E-state index contributed by atoms with van der Waals surface area (Å²) in [5, 5.41) is 0.754. The smallest absolute Gasteiger partial charge is 0.228 e. The number of carbonyl (C=O) groups is 2. The predicted octanol–water partition coefficient (Wildman–Crippen LogP) is 1.93. The normalized spacial score (nSPS) is 17.4. The fourth-order valence-electron chi connectivity index (χ4n) is 2.13. The Morgan fingerprint density at radius 3 is 2.67 bits per heavy atom. The number of aromatic nitrogens is 1. The summed E-state index contributed by atoms with van der Waals surface area (Å²) in [6.07, 6.45) is 1.68. The molecule has 2 rings (SSSR count). The van der Waals surface area contributed by atoms with Crippen molar-refractivity contribution in [3.05, 3.63) is 15.6 Å². The number of nitrogens with zero attached hydrogens (tertiary/aromatic N) is 2. The van der Waals surface area contributed by atoms with Crippen LogP contribution in [0.15, 0.2) is 0 Å². The monoisotopic (exact) mass is 266 g/mol. The van der Waals surface area contributed by atoms with Crippen LogP contribution < -0.4 is 0 Å². The minimum atomic E-state index is -0.0129. The maximum absolute atomic E-state index is 12.0. The van der Waals surface area contributed by atoms with Gasteiger partial charge in [-0.2, -0.15) is 0 Å². The van der Waals surface area contributed by atoms with E-state index in [9.17, 15) is 9.59 Å². The first-order valence-corrected chi connectivity index (χ1v) is 6.82. The fraction of sp³-hybridized carbons (Fsp3) is 0.615. The summed E-state index contributed by atoms with van der Waals surface area (Å²) >= 11 is 1.38. The van der Waals surface area contributed by atoms with Crippen LogP contribution in [0.5, 0.6) is 0 Å². The Hall–Kier alpha value is -1.23. The molecule has 0 saturated carbocycles. The number of likely N-dealkylation sites (N-methyl/N-ethyl adjacent to an activating group) is 1. The zero-order valence-corrected chi connectivity index (χ0v) is 12.1. The highest BCUT2D eigenvalue weighted by Gasteiger charge is 2.33. The van der Waals surface area contributed by atoms with E-state index >= 15 is 0 Å². The summed E-state index contributed by atoms with van der Waals surface area (Å²) in [5.41, 5.74) is 0.865. The molecule has 0 aliphatic heterocycles. The summed E-state index contributed by atoms with van der Waals surface area (Å²) in [6.45, 7) is 4.16. The van der Waals surface area contributed by atoms with Crippen LogP contribution in [0.3, 0.4) is 0 Å². The van der Waals surface area contributed by atoms with Crippen molar-refractivity contribution in [3.63, 3.8) is 0 Å². The van der Waals surface area contributed by atoms with Gasteiger partial charge in [0.05, 0.1) is 17.0 Å². The SMILES string of the molecule is CN(C)C(=O)Cc1nc2c(s1)C(=O)CC(C)(C)C2. The summed E-state index contributed by atoms with van der Waals surface area (Å²) in [6, 6.07) is 0. The first-order chi connectivity index (χ1) is 8.28. The molecule has 0 radical (unpaired) electrons. The molecule has 0 atom stereocenters. The predicted molar refractivity (Wildman–Crippen MR) is 70.9 cm³/mol. The maximum Gasteiger partial charge on any atom is 0.228 e. The second-order valence-electron chi connectivity index (χ2n) is 5.79. The van der Waals surface area contributed by atoms with Crippen LogP contribution in [0.4, 0.5) is 0 Å². The number of amides is 1. The Labute approximate surface area is 111 Å². The largest absolute Gasteiger partial charge is 0.348 e. The molecule has 0 saturated heterocycles. The van der Waals surface area contributed by atoms with E-state index < -0.39 is 0 Å². The lowest BCUT2D eigenvalue weighted by Gasteiger charge is -2.26. The third-order valence-corrected chi connectivity index (χ3v) is 4.22. The average Bonchev–Trinajstić information content (AvgIpc) is 2.58. The number of rotatable bonds is 2. The molecular formula is C13H18N2O2S. The minimum Gasteiger partial charge on any atom is -0.348 e. The second kappa shape index (κ2) is 4.46. The minimum absolute atomic E-state index is 0.0129. The lowest BCUT2D eigenvalue weighted by molar-refractivity contribution is -0.127. The molecule has 0 N–H and O–H groups in total. The average molecular weight is 266 g/mol. The highest BCUT2D eigenvalue weighted by Crippen LogP contribution is 2.37. The number of carbonyl (C=O) groups excluding carboxylic acids is 2. The molecule has 4 nitrogen and oxygen atoms in total. The van der Waals surface area contributed by atoms with Crippen molar-refractivity contribution in [2.24, 2.45) is 5.41 Å². The van der Waals surface area contributed by atoms with E-state index in [0.717, 1.165) is 22.0 Å². The van der Waals surface area contributed by atoms with Gasteiger partial charge in [-0.05, 0) is 11.8 Å². The van der Waals surface area contributed by atoms with E-state index in [2.05, 4.69) is 18.8 Å². The number of hydrogen-bond donors (Lipinski definition) is 0. The summed E-state index contributed by atoms with van der Waals surface area (Å²) in [7, 11) is 3.45. The van der Waals surface area contributed by atoms with E-state index in [1.54, 1.807) is 19.0 Å². The van der Waals surface area contributed by atoms with Gasteiger partial charge in [-0.15, -0.1) is 11.3 Å². The molecule has 0 bridgehead atoms. The van der Waals surface area contributed by atoms with E-state index in [1.807, 2.05) is 0 Å². The summed E-state index contributed by atoms with van der Waals surface area (Å²) < 4.78 is 0. The highest BCUT2D eigenvalue weighted by molar-refractivity contribution is 7.14. The van der Waals surface area contributed by atoms with Gasteiger partial charge in [-0.1, -0.05) is 13.8 Å². The van der Waals surface area contributed by atoms with Crippen LogP contribution in [0, 0.1) is 5.41 Å². The van der Waals surface area contributed by atoms with Gasteiger partial charge in [0.25, 0.3) is 0 Å². The van der Waals surface area contributed by atoms with Gasteiger partial charge in [0.15, 0.2) is 5.78 Å². The van der Waals surface area contributed by atoms with E-state index in [4.69, 9.17) is 0 Å². The number of ketones is 1. The Kier molecular flexibility index (Phi) is 3.27. The van der Waals surface area contributed by atoms with Crippen molar-refractivity contribution in [2.75, 3.05) is 14.1 Å². The van der Waals surface area contributed by atoms with Gasteiger partial charge in [-0.25, -0.2) is 4.98 Å². The van der Waals surface area contributed by atoms with Crippen LogP contribution in [-0.4, -0.2) is 35.7 Å². The number of fused-ring (bicyclic) bond motifs is 1. The van der Waals surface area contributed by atoms with Gasteiger partial charge in [0.1, 0.15) is 5.01 Å². The molecule has 1 aliphatic carbocycles. The van der Waals surface area contributed by atoms with Crippen LogP contribution in [0.25, 0.3) is 0 Å². The number of thiazole rings is 1. The molecule has 1 aromatic rings. The molecule has 1 aliphatic rings. The van der Waals surface area contributed by atoms with E-state index in [-0.39, 0.29) is 17.1 Å². The van der Waals surface area contributed by atoms with E-state index in [1.165, 1.54) is 11.3 Å². The standard InChI is InChI=1S/C13H18N2O2S/c1-13(2)6-8-12(9(16)7-13)18-10(14-8)5-11(17)15(3)4/h5-7H2,1-4H3. The number of hydrogen-bond acceptors (Lipinski definition) is 4. The van der Waals surface area contributed by atoms with Crippen molar-refractivity contribution in [1.82, 2.24) is 9.88 Å². The number of Topliss-reactive ketones (excluding diaryl/α,β-unsaturated/α-hetero) is 1. The van der Waals surface area contributed by atoms with Gasteiger partial charge >= 0.3 is 0 Å². The van der Waals surface area contributed by atoms with Gasteiger partial charge in [0, 0.05) is 20.5 Å². The molecule has 18 heavy (non-hydrogen) atoms. The fourth-order valence-corrected chi connectivity index (χ4v) is 3.14. The zero-order valence-electron chi connectivity index (χ0n) is 11.2. The van der Waals surface area contributed by atoms with Crippen LogP contribution >= 0.6 is 11.3 Å². The summed E-state index contributed by atoms with van der Waals surface area (Å²) in [4.78, 5) is 30.4. The van der Waals surface area contributed by atoms with Crippen LogP contribution in [-0.2, 0) is 17.6 Å². The maximum atomic E-state index is 12.0. The lowest BCUT2D eigenvalue weighted by atomic mass is 9.78. The van der Waals surface area contributed by atoms with Crippen molar-refractivity contribution < 1.29 is 9.59 Å². The molecular weight excluding hydrogens is 248 g/mol. The van der Waals surface area contributed by atoms with Gasteiger partial charge in [0.2, 0.25) is 5.91 Å². The molecule has 0 unspecified atom stereocenters. The molecule has 0 fully saturated rings. The molecule has 0 spiro atoms. The molecule has 1 aromatic heterocycles. The molecule has 5 heteroatoms. The highest BCUT2D eigenvalue weighted by atomic mass is 32.1. The zero-order chi connectivity index (χ0) is 13.5. The molecule has 1 heterocycles. The van der Waals surface area contributed by atoms with E-state index in [0.29, 0.717) is 12.8 Å². The third kappa shape index (κ3) is 2.61. The lowest BCUT2D eigenvalue weighted by Crippen LogP contribution is -2.26. The van der Waals surface area contributed by atoms with Crippen molar-refractivity contribution in [1.29, 1.82) is 0 Å². The molecule has 1 amide bonds. The van der Waals surface area contributed by atoms with Crippen molar-refractivity contribution in [2.45, 2.75) is 33.1 Å². The Morgan fingerprint density at radius 2 is 2.06 bits per heavy atom. The topological polar surface area (TPSA) is 50.3 Å². The van der Waals surface area contributed by atoms with Crippen LogP contribution in [0.2, 0.25) is 0 Å².